The molecular formula is C13H16N2O2. The van der Waals surface area contributed by atoms with Crippen LogP contribution in [0.3, 0.4) is 0 Å². The Bertz CT molecular complexity index is 449. The van der Waals surface area contributed by atoms with Gasteiger partial charge in [0.2, 0.25) is 0 Å². The van der Waals surface area contributed by atoms with Gasteiger partial charge in [-0.15, -0.1) is 0 Å². The molecule has 4 nitrogen and oxygen atoms in total. The summed E-state index contributed by atoms with van der Waals surface area (Å²) in [7, 11) is 3.30. The summed E-state index contributed by atoms with van der Waals surface area (Å²) in [6.45, 7) is 2.55. The predicted octanol–water partition coefficient (Wildman–Crippen LogP) is 1.87. The van der Waals surface area contributed by atoms with E-state index in [9.17, 15) is 4.79 Å². The number of benzene rings is 1. The van der Waals surface area contributed by atoms with Crippen LogP contribution >= 0.6 is 0 Å². The number of hydrogen-bond donors (Lipinski definition) is 0. The number of carbonyl (C=O) groups excluding carboxylic acids is 1. The van der Waals surface area contributed by atoms with Crippen LogP contribution in [-0.2, 0) is 9.53 Å². The van der Waals surface area contributed by atoms with Gasteiger partial charge >= 0.3 is 5.97 Å². The van der Waals surface area contributed by atoms with Gasteiger partial charge < -0.3 is 9.64 Å². The number of esters is 1. The number of methoxy groups -OCH3 is 1. The Labute approximate surface area is 101 Å². The normalized spacial score (nSPS) is 9.53. The van der Waals surface area contributed by atoms with Crippen LogP contribution in [0.4, 0.5) is 5.69 Å². The summed E-state index contributed by atoms with van der Waals surface area (Å²) in [6, 6.07) is 7.61. The molecule has 0 heterocycles. The summed E-state index contributed by atoms with van der Waals surface area (Å²) < 4.78 is 4.59. The number of nitrogens with zero attached hydrogens (tertiary/aromatic N) is 2. The van der Waals surface area contributed by atoms with E-state index >= 15 is 0 Å². The number of anilines is 1. The molecule has 0 radical (unpaired) electrons. The van der Waals surface area contributed by atoms with Crippen LogP contribution in [-0.4, -0.2) is 26.7 Å². The Kier molecular flexibility index (Phi) is 4.53. The van der Waals surface area contributed by atoms with Crippen LogP contribution in [0.2, 0.25) is 0 Å². The summed E-state index contributed by atoms with van der Waals surface area (Å²) in [5.74, 6) is -0.219. The molecule has 17 heavy (non-hydrogen) atoms. The van der Waals surface area contributed by atoms with Crippen LogP contribution in [0.25, 0.3) is 0 Å². The Balaban J connectivity index is 2.73. The largest absolute Gasteiger partial charge is 0.469 e. The zero-order chi connectivity index (χ0) is 12.8. The molecule has 1 rings (SSSR count). The summed E-state index contributed by atoms with van der Waals surface area (Å²) >= 11 is 0. The lowest BCUT2D eigenvalue weighted by molar-refractivity contribution is -0.140. The third-order valence-electron chi connectivity index (χ3n) is 2.62. The van der Waals surface area contributed by atoms with Crippen LogP contribution in [0.15, 0.2) is 18.2 Å². The smallest absolute Gasteiger partial charge is 0.307 e. The fraction of sp³-hybridized carbons (Fsp3) is 0.385. The molecule has 90 valence electrons. The lowest BCUT2D eigenvalue weighted by Gasteiger charge is -2.20. The number of rotatable bonds is 4. The summed E-state index contributed by atoms with van der Waals surface area (Å²) in [4.78, 5) is 13.0. The molecule has 0 aliphatic rings. The van der Waals surface area contributed by atoms with Gasteiger partial charge in [-0.25, -0.2) is 0 Å². The highest BCUT2D eigenvalue weighted by Crippen LogP contribution is 2.20. The van der Waals surface area contributed by atoms with E-state index in [1.54, 1.807) is 6.07 Å². The minimum absolute atomic E-state index is 0.219. The number of hydrogen-bond acceptors (Lipinski definition) is 4. The van der Waals surface area contributed by atoms with Crippen molar-refractivity contribution in [3.8, 4) is 6.07 Å². The molecule has 0 amide bonds. The minimum Gasteiger partial charge on any atom is -0.469 e. The highest BCUT2D eigenvalue weighted by Gasteiger charge is 2.08. The van der Waals surface area contributed by atoms with Crippen LogP contribution in [0, 0.1) is 18.3 Å². The molecule has 4 heteroatoms. The average molecular weight is 232 g/mol. The Hall–Kier alpha value is -2.02. The van der Waals surface area contributed by atoms with Gasteiger partial charge in [-0.05, 0) is 30.7 Å². The van der Waals surface area contributed by atoms with Crippen molar-refractivity contribution in [3.63, 3.8) is 0 Å². The highest BCUT2D eigenvalue weighted by atomic mass is 16.5. The van der Waals surface area contributed by atoms with Crippen molar-refractivity contribution in [1.29, 1.82) is 5.26 Å². The quantitative estimate of drug-likeness (QED) is 0.744. The molecule has 0 fully saturated rings. The maximum atomic E-state index is 11.0. The maximum absolute atomic E-state index is 11.0. The Morgan fingerprint density at radius 1 is 1.53 bits per heavy atom. The molecule has 0 aliphatic carbocycles. The first kappa shape index (κ1) is 13.0. The second kappa shape index (κ2) is 5.90. The van der Waals surface area contributed by atoms with Gasteiger partial charge in [-0.1, -0.05) is 0 Å². The zero-order valence-electron chi connectivity index (χ0n) is 10.4. The summed E-state index contributed by atoms with van der Waals surface area (Å²) in [5.41, 5.74) is 2.69. The van der Waals surface area contributed by atoms with Gasteiger partial charge in [0.1, 0.15) is 0 Å². The third-order valence-corrected chi connectivity index (χ3v) is 2.62. The van der Waals surface area contributed by atoms with E-state index in [1.165, 1.54) is 7.11 Å². The Morgan fingerprint density at radius 3 is 2.76 bits per heavy atom. The number of carbonyl (C=O) groups is 1. The van der Waals surface area contributed by atoms with Gasteiger partial charge in [0.05, 0.1) is 25.2 Å². The topological polar surface area (TPSA) is 53.3 Å². The molecule has 0 saturated heterocycles. The zero-order valence-corrected chi connectivity index (χ0v) is 10.4. The number of ether oxygens (including phenoxy) is 1. The molecule has 0 N–H and O–H groups in total. The molecule has 0 spiro atoms. The first-order valence-electron chi connectivity index (χ1n) is 5.37. The molecule has 1 aromatic carbocycles. The van der Waals surface area contributed by atoms with Crippen molar-refractivity contribution >= 4 is 11.7 Å². The minimum atomic E-state index is -0.219. The van der Waals surface area contributed by atoms with E-state index in [2.05, 4.69) is 10.8 Å². The fourth-order valence-corrected chi connectivity index (χ4v) is 1.63. The van der Waals surface area contributed by atoms with Crippen molar-refractivity contribution in [2.24, 2.45) is 0 Å². The predicted molar refractivity (Wildman–Crippen MR) is 65.8 cm³/mol. The lowest BCUT2D eigenvalue weighted by atomic mass is 10.1. The molecule has 0 aromatic heterocycles. The van der Waals surface area contributed by atoms with Crippen LogP contribution < -0.4 is 4.90 Å². The van der Waals surface area contributed by atoms with E-state index in [-0.39, 0.29) is 5.97 Å². The third kappa shape index (κ3) is 3.49. The monoisotopic (exact) mass is 232 g/mol. The van der Waals surface area contributed by atoms with Crippen molar-refractivity contribution in [1.82, 2.24) is 0 Å². The molecule has 0 saturated carbocycles. The van der Waals surface area contributed by atoms with Gasteiger partial charge in [0.25, 0.3) is 0 Å². The van der Waals surface area contributed by atoms with Crippen molar-refractivity contribution in [2.45, 2.75) is 13.3 Å². The molecule has 0 aliphatic heterocycles. The van der Waals surface area contributed by atoms with Crippen molar-refractivity contribution < 1.29 is 9.53 Å². The van der Waals surface area contributed by atoms with Crippen LogP contribution in [0.1, 0.15) is 17.5 Å². The summed E-state index contributed by atoms with van der Waals surface area (Å²) in [5, 5.41) is 8.77. The Morgan fingerprint density at radius 2 is 2.24 bits per heavy atom. The molecule has 0 unspecified atom stereocenters. The van der Waals surface area contributed by atoms with Crippen molar-refractivity contribution in [2.75, 3.05) is 25.6 Å². The molecule has 0 atom stereocenters. The SMILES string of the molecule is COC(=O)CCN(C)c1ccc(C#N)cc1C. The summed E-state index contributed by atoms with van der Waals surface area (Å²) in [6.07, 6.45) is 0.354. The standard InChI is InChI=1S/C13H16N2O2/c1-10-8-11(9-14)4-5-12(10)15(2)7-6-13(16)17-3/h4-5,8H,6-7H2,1-3H3. The number of aryl methyl sites for hydroxylation is 1. The fourth-order valence-electron chi connectivity index (χ4n) is 1.63. The second-order valence-electron chi connectivity index (χ2n) is 3.86. The lowest BCUT2D eigenvalue weighted by Crippen LogP contribution is -2.22. The van der Waals surface area contributed by atoms with Crippen LogP contribution in [0.5, 0.6) is 0 Å². The van der Waals surface area contributed by atoms with E-state index in [4.69, 9.17) is 5.26 Å². The van der Waals surface area contributed by atoms with E-state index in [0.717, 1.165) is 11.3 Å². The van der Waals surface area contributed by atoms with Gasteiger partial charge in [0, 0.05) is 19.3 Å². The first-order valence-corrected chi connectivity index (χ1v) is 5.37. The van der Waals surface area contributed by atoms with E-state index < -0.39 is 0 Å². The van der Waals surface area contributed by atoms with Gasteiger partial charge in [-0.3, -0.25) is 4.79 Å². The van der Waals surface area contributed by atoms with Crippen molar-refractivity contribution in [3.05, 3.63) is 29.3 Å². The first-order chi connectivity index (χ1) is 8.08. The van der Waals surface area contributed by atoms with Gasteiger partial charge in [-0.2, -0.15) is 5.26 Å². The van der Waals surface area contributed by atoms with Gasteiger partial charge in [0.15, 0.2) is 0 Å². The van der Waals surface area contributed by atoms with E-state index in [0.29, 0.717) is 18.5 Å². The molecule has 1 aromatic rings. The molecule has 0 bridgehead atoms. The number of nitriles is 1. The highest BCUT2D eigenvalue weighted by molar-refractivity contribution is 5.70. The second-order valence-corrected chi connectivity index (χ2v) is 3.86. The average Bonchev–Trinajstić information content (AvgIpc) is 2.35. The maximum Gasteiger partial charge on any atom is 0.307 e. The van der Waals surface area contributed by atoms with E-state index in [1.807, 2.05) is 31.0 Å². The molecular weight excluding hydrogens is 216 g/mol.